The second kappa shape index (κ2) is 8.06. The van der Waals surface area contributed by atoms with Crippen LogP contribution in [0.25, 0.3) is 5.82 Å². The fraction of sp³-hybridized carbons (Fsp3) is 0.350. The smallest absolute Gasteiger partial charge is 0.276 e. The average Bonchev–Trinajstić information content (AvgIpc) is 3.27. The van der Waals surface area contributed by atoms with E-state index in [9.17, 15) is 4.79 Å². The summed E-state index contributed by atoms with van der Waals surface area (Å²) in [5.41, 5.74) is 0.959. The third-order valence-electron chi connectivity index (χ3n) is 5.17. The zero-order valence-electron chi connectivity index (χ0n) is 16.2. The minimum atomic E-state index is -0.281. The highest BCUT2D eigenvalue weighted by Crippen LogP contribution is 2.34. The molecule has 29 heavy (non-hydrogen) atoms. The van der Waals surface area contributed by atoms with Gasteiger partial charge in [0, 0.05) is 30.4 Å². The monoisotopic (exact) mass is 393 g/mol. The summed E-state index contributed by atoms with van der Waals surface area (Å²) in [6.07, 6.45) is 11.7. The van der Waals surface area contributed by atoms with Crippen molar-refractivity contribution in [2.75, 3.05) is 19.7 Å². The normalized spacial score (nSPS) is 24.0. The lowest BCUT2D eigenvalue weighted by Crippen LogP contribution is -2.47. The Labute approximate surface area is 168 Å². The van der Waals surface area contributed by atoms with Crippen molar-refractivity contribution in [2.45, 2.75) is 19.4 Å². The lowest BCUT2D eigenvalue weighted by atomic mass is 9.77. The number of nitrogens with zero attached hydrogens (tertiary/aromatic N) is 5. The van der Waals surface area contributed by atoms with Crippen molar-refractivity contribution in [1.29, 1.82) is 0 Å². The first-order valence-electron chi connectivity index (χ1n) is 9.45. The number of hydrogen-bond acceptors (Lipinski definition) is 7. The molecule has 1 amide bonds. The van der Waals surface area contributed by atoms with Gasteiger partial charge in [-0.2, -0.15) is 5.10 Å². The summed E-state index contributed by atoms with van der Waals surface area (Å²) in [7, 11) is 0. The molecule has 0 saturated carbocycles. The number of carbonyl (C=O) groups excluding carboxylic acids is 1. The van der Waals surface area contributed by atoms with Crippen molar-refractivity contribution in [3.05, 3.63) is 54.3 Å². The van der Waals surface area contributed by atoms with Crippen LogP contribution < -0.4 is 10.6 Å². The Kier molecular flexibility index (Phi) is 5.32. The maximum absolute atomic E-state index is 12.6. The number of rotatable bonds is 5. The van der Waals surface area contributed by atoms with Crippen LogP contribution in [-0.2, 0) is 4.74 Å². The van der Waals surface area contributed by atoms with E-state index in [0.29, 0.717) is 17.3 Å². The highest BCUT2D eigenvalue weighted by Gasteiger charge is 2.34. The predicted octanol–water partition coefficient (Wildman–Crippen LogP) is 1.56. The van der Waals surface area contributed by atoms with Crippen molar-refractivity contribution >= 4 is 18.4 Å². The summed E-state index contributed by atoms with van der Waals surface area (Å²) in [5, 5.41) is 10.5. The van der Waals surface area contributed by atoms with Crippen molar-refractivity contribution in [3.8, 4) is 5.82 Å². The lowest BCUT2D eigenvalue weighted by Gasteiger charge is -2.38. The lowest BCUT2D eigenvalue weighted by molar-refractivity contribution is -0.0312. The van der Waals surface area contributed by atoms with Crippen LogP contribution in [0.3, 0.4) is 0 Å². The summed E-state index contributed by atoms with van der Waals surface area (Å²) in [6.45, 7) is 8.02. The standard InChI is InChI=1S/C20H23N7O2/c1-20(16-11-22-8-10-29-16)6-3-14(4-7-20)25-19(28)15-5-9-27(26-15)18-13-23-17(21-2)12-24-18/h3-6,9,12-13,16,22H,2,7-8,10-11H2,1H3,(H,25,28)/t16-,20?/m1/s1. The van der Waals surface area contributed by atoms with Crippen LogP contribution in [-0.4, -0.2) is 58.2 Å². The summed E-state index contributed by atoms with van der Waals surface area (Å²) < 4.78 is 7.39. The van der Waals surface area contributed by atoms with Crippen molar-refractivity contribution < 1.29 is 9.53 Å². The molecular formula is C20H23N7O2. The number of aromatic nitrogens is 4. The zero-order chi connectivity index (χ0) is 20.3. The Hall–Kier alpha value is -3.17. The summed E-state index contributed by atoms with van der Waals surface area (Å²) in [5.74, 6) is 0.637. The number of ether oxygens (including phenoxy) is 1. The first-order chi connectivity index (χ1) is 14.1. The van der Waals surface area contributed by atoms with Gasteiger partial charge in [-0.1, -0.05) is 19.1 Å². The maximum Gasteiger partial charge on any atom is 0.276 e. The fourth-order valence-corrected chi connectivity index (χ4v) is 3.35. The van der Waals surface area contributed by atoms with Gasteiger partial charge in [-0.05, 0) is 25.3 Å². The SMILES string of the molecule is C=Nc1cnc(-n2ccc(C(=O)NC3=CCC(C)([C@H]4CNCCO4)C=C3)n2)cn1. The number of hydrogen-bond donors (Lipinski definition) is 2. The largest absolute Gasteiger partial charge is 0.375 e. The number of morpholine rings is 1. The molecule has 2 atom stereocenters. The van der Waals surface area contributed by atoms with E-state index in [-0.39, 0.29) is 17.4 Å². The van der Waals surface area contributed by atoms with Crippen LogP contribution in [0.1, 0.15) is 23.8 Å². The van der Waals surface area contributed by atoms with Gasteiger partial charge >= 0.3 is 0 Å². The van der Waals surface area contributed by atoms with Gasteiger partial charge < -0.3 is 15.4 Å². The van der Waals surface area contributed by atoms with Gasteiger partial charge in [0.1, 0.15) is 0 Å². The Morgan fingerprint density at radius 2 is 2.34 bits per heavy atom. The minimum Gasteiger partial charge on any atom is -0.375 e. The molecule has 1 aliphatic carbocycles. The molecule has 1 aliphatic heterocycles. The Morgan fingerprint density at radius 3 is 3.00 bits per heavy atom. The molecule has 1 saturated heterocycles. The number of nitrogens with one attached hydrogen (secondary N) is 2. The number of carbonyl (C=O) groups is 1. The molecule has 0 bridgehead atoms. The van der Waals surface area contributed by atoms with Gasteiger partial charge in [-0.3, -0.25) is 4.79 Å². The highest BCUT2D eigenvalue weighted by molar-refractivity contribution is 5.93. The van der Waals surface area contributed by atoms with Crippen molar-refractivity contribution in [1.82, 2.24) is 30.4 Å². The van der Waals surface area contributed by atoms with Gasteiger partial charge in [0.25, 0.3) is 5.91 Å². The van der Waals surface area contributed by atoms with Gasteiger partial charge in [-0.15, -0.1) is 0 Å². The van der Waals surface area contributed by atoms with Crippen LogP contribution in [0.4, 0.5) is 5.82 Å². The molecule has 1 fully saturated rings. The molecule has 150 valence electrons. The second-order valence-electron chi connectivity index (χ2n) is 7.26. The quantitative estimate of drug-likeness (QED) is 0.747. The first kappa shape index (κ1) is 19.2. The van der Waals surface area contributed by atoms with E-state index in [1.54, 1.807) is 12.3 Å². The van der Waals surface area contributed by atoms with E-state index in [1.807, 2.05) is 12.2 Å². The molecule has 2 N–H and O–H groups in total. The molecule has 0 spiro atoms. The van der Waals surface area contributed by atoms with Crippen LogP contribution in [0.5, 0.6) is 0 Å². The summed E-state index contributed by atoms with van der Waals surface area (Å²) in [4.78, 5) is 24.6. The number of aliphatic imine (C=N–C) groups is 1. The van der Waals surface area contributed by atoms with Crippen LogP contribution in [0, 0.1) is 5.41 Å². The van der Waals surface area contributed by atoms with Gasteiger partial charge in [0.15, 0.2) is 17.3 Å². The van der Waals surface area contributed by atoms with E-state index in [0.717, 1.165) is 31.8 Å². The summed E-state index contributed by atoms with van der Waals surface area (Å²) in [6, 6.07) is 1.63. The molecule has 2 aliphatic rings. The number of amides is 1. The maximum atomic E-state index is 12.6. The van der Waals surface area contributed by atoms with Crippen LogP contribution in [0.15, 0.2) is 53.6 Å². The van der Waals surface area contributed by atoms with Gasteiger partial charge in [0.2, 0.25) is 0 Å². The molecule has 1 unspecified atom stereocenters. The zero-order valence-corrected chi connectivity index (χ0v) is 16.2. The molecule has 0 radical (unpaired) electrons. The molecule has 9 nitrogen and oxygen atoms in total. The van der Waals surface area contributed by atoms with Gasteiger partial charge in [-0.25, -0.2) is 19.6 Å². The van der Waals surface area contributed by atoms with Crippen LogP contribution >= 0.6 is 0 Å². The topological polar surface area (TPSA) is 106 Å². The van der Waals surface area contributed by atoms with E-state index >= 15 is 0 Å². The average molecular weight is 393 g/mol. The molecule has 0 aromatic carbocycles. The third kappa shape index (κ3) is 4.15. The fourth-order valence-electron chi connectivity index (χ4n) is 3.35. The highest BCUT2D eigenvalue weighted by atomic mass is 16.5. The Bertz CT molecular complexity index is 957. The molecule has 3 heterocycles. The minimum absolute atomic E-state index is 0.0889. The molecule has 2 aromatic rings. The summed E-state index contributed by atoms with van der Waals surface area (Å²) >= 11 is 0. The molecule has 9 heteroatoms. The first-order valence-corrected chi connectivity index (χ1v) is 9.45. The Morgan fingerprint density at radius 1 is 1.45 bits per heavy atom. The predicted molar refractivity (Wildman–Crippen MR) is 108 cm³/mol. The van der Waals surface area contributed by atoms with E-state index < -0.39 is 0 Å². The number of allylic oxidation sites excluding steroid dienone is 2. The second-order valence-corrected chi connectivity index (χ2v) is 7.26. The van der Waals surface area contributed by atoms with E-state index in [1.165, 1.54) is 17.1 Å². The molecular weight excluding hydrogens is 370 g/mol. The van der Waals surface area contributed by atoms with E-state index in [2.05, 4.69) is 50.4 Å². The van der Waals surface area contributed by atoms with Gasteiger partial charge in [0.05, 0.1) is 25.1 Å². The van der Waals surface area contributed by atoms with E-state index in [4.69, 9.17) is 4.74 Å². The third-order valence-corrected chi connectivity index (χ3v) is 5.17. The molecule has 2 aromatic heterocycles. The van der Waals surface area contributed by atoms with Crippen molar-refractivity contribution in [2.24, 2.45) is 10.4 Å². The van der Waals surface area contributed by atoms with Crippen molar-refractivity contribution in [3.63, 3.8) is 0 Å². The van der Waals surface area contributed by atoms with Crippen LogP contribution in [0.2, 0.25) is 0 Å². The Balaban J connectivity index is 1.39. The molecule has 4 rings (SSSR count).